The van der Waals surface area contributed by atoms with Crippen LogP contribution in [-0.4, -0.2) is 46.5 Å². The number of nitrogens with zero attached hydrogens (tertiary/aromatic N) is 3. The summed E-state index contributed by atoms with van der Waals surface area (Å²) in [5, 5.41) is 5.99. The van der Waals surface area contributed by atoms with E-state index in [1.54, 1.807) is 9.80 Å². The van der Waals surface area contributed by atoms with Crippen LogP contribution in [0.3, 0.4) is 0 Å². The average Bonchev–Trinajstić information content (AvgIpc) is 3.30. The van der Waals surface area contributed by atoms with Gasteiger partial charge in [-0.25, -0.2) is 4.79 Å². The molecule has 1 saturated heterocycles. The van der Waals surface area contributed by atoms with Crippen molar-refractivity contribution in [3.63, 3.8) is 0 Å². The minimum Gasteiger partial charge on any atom is -0.323 e. The maximum atomic E-state index is 13.1. The van der Waals surface area contributed by atoms with Gasteiger partial charge < -0.3 is 15.1 Å². The summed E-state index contributed by atoms with van der Waals surface area (Å²) < 4.78 is 39.1. The number of nitrogens with one attached hydrogen (secondary N) is 1. The van der Waals surface area contributed by atoms with Crippen LogP contribution < -0.4 is 5.32 Å². The van der Waals surface area contributed by atoms with Crippen molar-refractivity contribution < 1.29 is 18.0 Å². The quantitative estimate of drug-likeness (QED) is 0.630. The highest BCUT2D eigenvalue weighted by molar-refractivity contribution is 5.85. The van der Waals surface area contributed by atoms with Gasteiger partial charge in [-0.05, 0) is 34.4 Å². The van der Waals surface area contributed by atoms with E-state index in [9.17, 15) is 18.0 Å². The maximum absolute atomic E-state index is 13.1. The first-order chi connectivity index (χ1) is 15.9. The third-order valence-corrected chi connectivity index (χ3v) is 6.56. The van der Waals surface area contributed by atoms with Crippen molar-refractivity contribution >= 4 is 16.8 Å². The largest absolute Gasteiger partial charge is 0.417 e. The molecule has 0 spiro atoms. The number of hydrogen-bond donors (Lipinski definition) is 1. The minimum absolute atomic E-state index is 0.118. The Kier molecular flexibility index (Phi) is 5.70. The van der Waals surface area contributed by atoms with Crippen LogP contribution in [0.5, 0.6) is 0 Å². The summed E-state index contributed by atoms with van der Waals surface area (Å²) in [7, 11) is 0. The highest BCUT2D eigenvalue weighted by atomic mass is 19.4. The molecule has 2 aliphatic heterocycles. The Morgan fingerprint density at radius 3 is 2.76 bits per heavy atom. The van der Waals surface area contributed by atoms with Crippen molar-refractivity contribution in [2.45, 2.75) is 38.1 Å². The van der Waals surface area contributed by atoms with Crippen LogP contribution >= 0.6 is 0 Å². The molecule has 0 aliphatic carbocycles. The Morgan fingerprint density at radius 1 is 1.09 bits per heavy atom. The molecule has 2 aromatic carbocycles. The van der Waals surface area contributed by atoms with E-state index in [4.69, 9.17) is 0 Å². The molecule has 1 fully saturated rings. The van der Waals surface area contributed by atoms with Gasteiger partial charge in [0.25, 0.3) is 0 Å². The predicted octanol–water partition coefficient (Wildman–Crippen LogP) is 4.60. The van der Waals surface area contributed by atoms with E-state index in [2.05, 4.69) is 40.6 Å². The third-order valence-electron chi connectivity index (χ3n) is 6.56. The van der Waals surface area contributed by atoms with Gasteiger partial charge >= 0.3 is 12.2 Å². The van der Waals surface area contributed by atoms with Gasteiger partial charge in [0.15, 0.2) is 0 Å². The molecule has 1 N–H and O–H groups in total. The average molecular weight is 454 g/mol. The zero-order valence-electron chi connectivity index (χ0n) is 18.1. The van der Waals surface area contributed by atoms with Gasteiger partial charge in [0.05, 0.1) is 5.56 Å². The van der Waals surface area contributed by atoms with E-state index < -0.39 is 11.7 Å². The number of likely N-dealkylation sites (tertiary alicyclic amines) is 1. The van der Waals surface area contributed by atoms with Crippen LogP contribution in [0, 0.1) is 0 Å². The second-order valence-corrected chi connectivity index (χ2v) is 8.73. The van der Waals surface area contributed by atoms with Crippen molar-refractivity contribution in [1.29, 1.82) is 0 Å². The zero-order valence-corrected chi connectivity index (χ0v) is 18.1. The smallest absolute Gasteiger partial charge is 0.323 e. The monoisotopic (exact) mass is 454 g/mol. The van der Waals surface area contributed by atoms with Gasteiger partial charge in [0.1, 0.15) is 0 Å². The molecule has 3 heterocycles. The summed E-state index contributed by atoms with van der Waals surface area (Å²) in [6.07, 6.45) is -2.24. The van der Waals surface area contributed by atoms with Crippen LogP contribution in [0.4, 0.5) is 18.0 Å². The number of carbonyl (C=O) groups excluding carboxylic acids is 1. The lowest BCUT2D eigenvalue weighted by atomic mass is 10.0. The second kappa shape index (κ2) is 8.67. The number of rotatable bonds is 3. The summed E-state index contributed by atoms with van der Waals surface area (Å²) in [5.41, 5.74) is 1.57. The molecule has 5 rings (SSSR count). The topological polar surface area (TPSA) is 48.5 Å². The normalized spacial score (nSPS) is 18.6. The number of urea groups is 1. The Hall–Kier alpha value is -3.13. The van der Waals surface area contributed by atoms with Gasteiger partial charge in [-0.3, -0.25) is 4.98 Å². The molecule has 8 heteroatoms. The van der Waals surface area contributed by atoms with Gasteiger partial charge in [-0.15, -0.1) is 0 Å². The fraction of sp³-hybridized carbons (Fsp3) is 0.360. The van der Waals surface area contributed by atoms with Crippen LogP contribution in [-0.2, 0) is 25.7 Å². The molecule has 2 aliphatic rings. The number of amides is 2. The molecule has 0 saturated carbocycles. The van der Waals surface area contributed by atoms with E-state index in [1.165, 1.54) is 16.3 Å². The van der Waals surface area contributed by atoms with Gasteiger partial charge in [0, 0.05) is 57.1 Å². The first-order valence-corrected chi connectivity index (χ1v) is 11.2. The Bertz CT molecular complexity index is 1170. The molecule has 172 valence electrons. The highest BCUT2D eigenvalue weighted by Gasteiger charge is 2.34. The first-order valence-electron chi connectivity index (χ1n) is 11.2. The number of benzene rings is 2. The van der Waals surface area contributed by atoms with E-state index >= 15 is 0 Å². The molecule has 3 aromatic rings. The fourth-order valence-corrected chi connectivity index (χ4v) is 4.75. The second-order valence-electron chi connectivity index (χ2n) is 8.73. The molecule has 2 amide bonds. The lowest BCUT2D eigenvalue weighted by molar-refractivity contribution is -0.137. The zero-order chi connectivity index (χ0) is 23.0. The summed E-state index contributed by atoms with van der Waals surface area (Å²) in [4.78, 5) is 20.5. The maximum Gasteiger partial charge on any atom is 0.417 e. The van der Waals surface area contributed by atoms with Crippen molar-refractivity contribution in [1.82, 2.24) is 20.1 Å². The standard InChI is InChI=1S/C25H25F3N4O/c26-25(27,28)20-12-19-15-31(11-9-23(19)30-14-20)24(33)32-10-8-21(16-32)29-13-18-6-3-5-17-4-1-2-7-22(17)18/h1-7,12,14,21,29H,8-11,13,15-16H2. The number of hydrogen-bond acceptors (Lipinski definition) is 3. The number of carbonyl (C=O) groups is 1. The number of pyridine rings is 1. The van der Waals surface area contributed by atoms with Crippen LogP contribution in [0.2, 0.25) is 0 Å². The summed E-state index contributed by atoms with van der Waals surface area (Å²) in [5.74, 6) is 0. The molecule has 5 nitrogen and oxygen atoms in total. The van der Waals surface area contributed by atoms with Gasteiger partial charge in [0.2, 0.25) is 0 Å². The molecule has 0 bridgehead atoms. The first kappa shape index (κ1) is 21.7. The van der Waals surface area contributed by atoms with Gasteiger partial charge in [-0.1, -0.05) is 42.5 Å². The summed E-state index contributed by atoms with van der Waals surface area (Å²) in [6.45, 7) is 2.57. The van der Waals surface area contributed by atoms with E-state index in [-0.39, 0.29) is 18.6 Å². The molecule has 33 heavy (non-hydrogen) atoms. The van der Waals surface area contributed by atoms with Crippen LogP contribution in [0.15, 0.2) is 54.7 Å². The van der Waals surface area contributed by atoms with Gasteiger partial charge in [-0.2, -0.15) is 13.2 Å². The summed E-state index contributed by atoms with van der Waals surface area (Å²) in [6, 6.07) is 15.7. The summed E-state index contributed by atoms with van der Waals surface area (Å²) >= 11 is 0. The molecule has 0 radical (unpaired) electrons. The molecule has 1 atom stereocenters. The SMILES string of the molecule is O=C(N1CCc2ncc(C(F)(F)F)cc2C1)N1CCC(NCc2cccc3ccccc23)C1. The molecular weight excluding hydrogens is 429 g/mol. The highest BCUT2D eigenvalue weighted by Crippen LogP contribution is 2.31. The molecule has 1 aromatic heterocycles. The minimum atomic E-state index is -4.44. The van der Waals surface area contributed by atoms with Crippen molar-refractivity contribution in [3.8, 4) is 0 Å². The number of fused-ring (bicyclic) bond motifs is 2. The number of halogens is 3. The fourth-order valence-electron chi connectivity index (χ4n) is 4.75. The van der Waals surface area contributed by atoms with Crippen molar-refractivity contribution in [2.24, 2.45) is 0 Å². The van der Waals surface area contributed by atoms with E-state index in [0.717, 1.165) is 25.2 Å². The van der Waals surface area contributed by atoms with Crippen LogP contribution in [0.25, 0.3) is 10.8 Å². The van der Waals surface area contributed by atoms with Crippen molar-refractivity contribution in [2.75, 3.05) is 19.6 Å². The van der Waals surface area contributed by atoms with Crippen molar-refractivity contribution in [3.05, 3.63) is 77.1 Å². The molecule has 1 unspecified atom stereocenters. The third kappa shape index (κ3) is 4.53. The van der Waals surface area contributed by atoms with Crippen LogP contribution in [0.1, 0.15) is 28.8 Å². The predicted molar refractivity (Wildman–Crippen MR) is 120 cm³/mol. The lowest BCUT2D eigenvalue weighted by Gasteiger charge is -2.32. The van der Waals surface area contributed by atoms with E-state index in [1.807, 2.05) is 12.1 Å². The molecular formula is C25H25F3N4O. The number of alkyl halides is 3. The van der Waals surface area contributed by atoms with E-state index in [0.29, 0.717) is 37.3 Å². The Balaban J connectivity index is 1.20. The number of aromatic nitrogens is 1. The lowest BCUT2D eigenvalue weighted by Crippen LogP contribution is -2.45. The Morgan fingerprint density at radius 2 is 1.91 bits per heavy atom. The Labute approximate surface area is 190 Å².